The molecule has 5 rings (SSSR count). The summed E-state index contributed by atoms with van der Waals surface area (Å²) in [7, 11) is 0. The minimum atomic E-state index is -0.814. The van der Waals surface area contributed by atoms with Gasteiger partial charge in [-0.2, -0.15) is 0 Å². The molecule has 0 saturated heterocycles. The molecule has 0 radical (unpaired) electrons. The number of pyridine rings is 1. The molecule has 2 amide bonds. The minimum absolute atomic E-state index is 0.00758. The molecule has 1 fully saturated rings. The summed E-state index contributed by atoms with van der Waals surface area (Å²) in [5.74, 6) is -1.39. The summed E-state index contributed by atoms with van der Waals surface area (Å²) in [5.41, 5.74) is 5.64. The molecule has 1 aromatic heterocycles. The topological polar surface area (TPSA) is 118 Å². The van der Waals surface area contributed by atoms with Crippen molar-refractivity contribution in [1.82, 2.24) is 10.3 Å². The first-order valence-corrected chi connectivity index (χ1v) is 11.6. The third kappa shape index (κ3) is 5.01. The summed E-state index contributed by atoms with van der Waals surface area (Å²) >= 11 is 0. The van der Waals surface area contributed by atoms with Gasteiger partial charge < -0.3 is 15.2 Å². The zero-order chi connectivity index (χ0) is 24.4. The van der Waals surface area contributed by atoms with Crippen LogP contribution >= 0.6 is 0 Å². The number of aromatic nitrogens is 1. The quantitative estimate of drug-likeness (QED) is 0.460. The van der Waals surface area contributed by atoms with Gasteiger partial charge in [-0.1, -0.05) is 48.5 Å². The molecule has 1 saturated carbocycles. The Morgan fingerprint density at radius 2 is 1.66 bits per heavy atom. The molecule has 2 aromatic carbocycles. The van der Waals surface area contributed by atoms with Crippen LogP contribution in [0.5, 0.6) is 0 Å². The van der Waals surface area contributed by atoms with Crippen LogP contribution in [0.1, 0.15) is 29.2 Å². The maximum Gasteiger partial charge on any atom is 0.411 e. The minimum Gasteiger partial charge on any atom is -0.481 e. The van der Waals surface area contributed by atoms with Gasteiger partial charge in [-0.05, 0) is 46.7 Å². The number of ether oxygens (including phenoxy) is 1. The molecule has 0 aliphatic heterocycles. The van der Waals surface area contributed by atoms with Crippen LogP contribution in [-0.2, 0) is 20.7 Å². The highest BCUT2D eigenvalue weighted by atomic mass is 16.5. The number of amides is 2. The Balaban J connectivity index is 1.11. The van der Waals surface area contributed by atoms with Crippen LogP contribution in [0.2, 0.25) is 0 Å². The van der Waals surface area contributed by atoms with Crippen molar-refractivity contribution in [3.63, 3.8) is 0 Å². The Labute approximate surface area is 202 Å². The number of rotatable bonds is 8. The van der Waals surface area contributed by atoms with Crippen molar-refractivity contribution in [2.45, 2.75) is 18.8 Å². The lowest BCUT2D eigenvalue weighted by Crippen LogP contribution is -2.28. The molecule has 35 heavy (non-hydrogen) atoms. The third-order valence-corrected chi connectivity index (χ3v) is 6.56. The van der Waals surface area contributed by atoms with E-state index in [1.807, 2.05) is 24.3 Å². The van der Waals surface area contributed by atoms with E-state index in [2.05, 4.69) is 39.9 Å². The van der Waals surface area contributed by atoms with Crippen LogP contribution < -0.4 is 10.6 Å². The second-order valence-corrected chi connectivity index (χ2v) is 8.91. The van der Waals surface area contributed by atoms with Gasteiger partial charge in [-0.3, -0.25) is 19.9 Å². The molecule has 3 aromatic rings. The number of benzene rings is 2. The van der Waals surface area contributed by atoms with E-state index in [1.54, 1.807) is 12.1 Å². The fraction of sp³-hybridized carbons (Fsp3) is 0.259. The molecule has 2 aliphatic carbocycles. The van der Waals surface area contributed by atoms with Crippen molar-refractivity contribution in [3.8, 4) is 11.1 Å². The van der Waals surface area contributed by atoms with Crippen LogP contribution in [0.25, 0.3) is 11.1 Å². The maximum atomic E-state index is 12.4. The highest BCUT2D eigenvalue weighted by Crippen LogP contribution is 2.44. The number of carboxylic acids is 1. The van der Waals surface area contributed by atoms with Crippen molar-refractivity contribution >= 4 is 23.7 Å². The van der Waals surface area contributed by atoms with Crippen molar-refractivity contribution in [1.29, 1.82) is 0 Å². The number of nitrogens with zero attached hydrogens (tertiary/aromatic N) is 1. The molecule has 2 atom stereocenters. The molecule has 2 aliphatic rings. The molecule has 3 N–H and O–H groups in total. The van der Waals surface area contributed by atoms with Crippen molar-refractivity contribution in [2.75, 3.05) is 18.5 Å². The van der Waals surface area contributed by atoms with Gasteiger partial charge >= 0.3 is 12.1 Å². The number of carbonyl (C=O) groups excluding carboxylic acids is 2. The van der Waals surface area contributed by atoms with E-state index in [4.69, 9.17) is 9.84 Å². The van der Waals surface area contributed by atoms with Crippen LogP contribution in [0.3, 0.4) is 0 Å². The number of hydrogen-bond donors (Lipinski definition) is 3. The summed E-state index contributed by atoms with van der Waals surface area (Å²) in [4.78, 5) is 39.6. The first-order chi connectivity index (χ1) is 17.0. The van der Waals surface area contributed by atoms with Gasteiger partial charge in [0.1, 0.15) is 6.61 Å². The van der Waals surface area contributed by atoms with Gasteiger partial charge in [0.2, 0.25) is 5.91 Å². The van der Waals surface area contributed by atoms with Gasteiger partial charge in [0.15, 0.2) is 0 Å². The fourth-order valence-corrected chi connectivity index (χ4v) is 4.60. The summed E-state index contributed by atoms with van der Waals surface area (Å²) in [6.07, 6.45) is 1.59. The van der Waals surface area contributed by atoms with E-state index < -0.39 is 12.1 Å². The average molecular weight is 472 g/mol. The third-order valence-electron chi connectivity index (χ3n) is 6.56. The molecule has 8 heteroatoms. The van der Waals surface area contributed by atoms with E-state index in [9.17, 15) is 14.4 Å². The number of fused-ring (bicyclic) bond motifs is 3. The van der Waals surface area contributed by atoms with Gasteiger partial charge in [0.05, 0.1) is 24.2 Å². The number of carboxylic acid groups (broad SMARTS) is 1. The van der Waals surface area contributed by atoms with Crippen molar-refractivity contribution < 1.29 is 24.2 Å². The fourth-order valence-electron chi connectivity index (χ4n) is 4.60. The number of carbonyl (C=O) groups is 3. The number of aliphatic carboxylic acids is 1. The lowest BCUT2D eigenvalue weighted by atomic mass is 9.98. The summed E-state index contributed by atoms with van der Waals surface area (Å²) in [6, 6.07) is 19.6. The van der Waals surface area contributed by atoms with E-state index >= 15 is 0 Å². The Morgan fingerprint density at radius 1 is 0.971 bits per heavy atom. The molecule has 0 bridgehead atoms. The zero-order valence-corrected chi connectivity index (χ0v) is 18.9. The normalized spacial score (nSPS) is 17.7. The van der Waals surface area contributed by atoms with Gasteiger partial charge in [-0.25, -0.2) is 4.79 Å². The molecule has 8 nitrogen and oxygen atoms in total. The SMILES string of the molecule is O=C(Cc1ccc(NC(=O)OCC2c3ccccc3-c3ccccc32)cn1)NC[C@@H]1C[C@@H]1C(=O)O. The maximum absolute atomic E-state index is 12.4. The first kappa shape index (κ1) is 22.6. The van der Waals surface area contributed by atoms with Crippen molar-refractivity contribution in [2.24, 2.45) is 11.8 Å². The van der Waals surface area contributed by atoms with E-state index in [0.717, 1.165) is 11.1 Å². The summed E-state index contributed by atoms with van der Waals surface area (Å²) in [5, 5.41) is 14.3. The van der Waals surface area contributed by atoms with Gasteiger partial charge in [-0.15, -0.1) is 0 Å². The molecule has 178 valence electrons. The van der Waals surface area contributed by atoms with Gasteiger partial charge in [0.25, 0.3) is 0 Å². The van der Waals surface area contributed by atoms with E-state index in [-0.39, 0.29) is 36.7 Å². The Morgan fingerprint density at radius 3 is 2.26 bits per heavy atom. The molecule has 1 heterocycles. The average Bonchev–Trinajstić information content (AvgIpc) is 3.58. The molecular formula is C27H25N3O5. The van der Waals surface area contributed by atoms with Gasteiger partial charge in [0, 0.05) is 18.2 Å². The molecular weight excluding hydrogens is 446 g/mol. The van der Waals surface area contributed by atoms with Crippen LogP contribution in [0, 0.1) is 11.8 Å². The second-order valence-electron chi connectivity index (χ2n) is 8.91. The molecule has 0 unspecified atom stereocenters. The number of nitrogens with one attached hydrogen (secondary N) is 2. The first-order valence-electron chi connectivity index (χ1n) is 11.6. The summed E-state index contributed by atoms with van der Waals surface area (Å²) in [6.45, 7) is 0.576. The zero-order valence-electron chi connectivity index (χ0n) is 18.9. The standard InChI is InChI=1S/C27H25N3O5/c31-25(29-13-16-11-23(16)26(32)33)12-17-9-10-18(14-28-17)30-27(34)35-15-24-21-7-3-1-5-19(21)20-6-2-4-8-22(20)24/h1-10,14,16,23-24H,11-13,15H2,(H,29,31)(H,30,34)(H,32,33)/t16-,23-/m0/s1. The highest BCUT2D eigenvalue weighted by molar-refractivity contribution is 5.85. The lowest BCUT2D eigenvalue weighted by molar-refractivity contribution is -0.139. The van der Waals surface area contributed by atoms with Crippen LogP contribution in [0.4, 0.5) is 10.5 Å². The van der Waals surface area contributed by atoms with E-state index in [0.29, 0.717) is 24.3 Å². The Hall–Kier alpha value is -4.20. The van der Waals surface area contributed by atoms with Crippen molar-refractivity contribution in [3.05, 3.63) is 83.7 Å². The van der Waals surface area contributed by atoms with Crippen LogP contribution in [0.15, 0.2) is 66.9 Å². The largest absolute Gasteiger partial charge is 0.481 e. The Kier molecular flexibility index (Phi) is 6.18. The predicted molar refractivity (Wildman–Crippen MR) is 129 cm³/mol. The van der Waals surface area contributed by atoms with E-state index in [1.165, 1.54) is 17.3 Å². The Bertz CT molecular complexity index is 1230. The smallest absolute Gasteiger partial charge is 0.411 e. The predicted octanol–water partition coefficient (Wildman–Crippen LogP) is 3.82. The number of hydrogen-bond acceptors (Lipinski definition) is 5. The molecule has 0 spiro atoms. The number of anilines is 1. The lowest BCUT2D eigenvalue weighted by Gasteiger charge is -2.14. The van der Waals surface area contributed by atoms with Crippen LogP contribution in [-0.4, -0.2) is 41.2 Å². The summed E-state index contributed by atoms with van der Waals surface area (Å²) < 4.78 is 5.54. The second kappa shape index (κ2) is 9.58. The highest BCUT2D eigenvalue weighted by Gasteiger charge is 2.42. The monoisotopic (exact) mass is 471 g/mol.